The Morgan fingerprint density at radius 3 is 2.22 bits per heavy atom. The zero-order valence-electron chi connectivity index (χ0n) is 23.1. The Bertz CT molecular complexity index is 1350. The summed E-state index contributed by atoms with van der Waals surface area (Å²) >= 11 is 5.71. The van der Waals surface area contributed by atoms with E-state index in [9.17, 15) is 22.8 Å². The molecule has 9 nitrogen and oxygen atoms in total. The molecular weight excluding hydrogens is 557 g/mol. The topological polar surface area (TPSA) is 92.5 Å². The number of nitriles is 1. The molecule has 218 valence electrons. The van der Waals surface area contributed by atoms with Gasteiger partial charge in [-0.1, -0.05) is 0 Å². The van der Waals surface area contributed by atoms with Gasteiger partial charge in [0.1, 0.15) is 28.8 Å². The van der Waals surface area contributed by atoms with Gasteiger partial charge in [-0.25, -0.2) is 9.79 Å². The van der Waals surface area contributed by atoms with E-state index in [2.05, 4.69) is 9.89 Å². The fraction of sp³-hybridized carbons (Fsp3) is 0.536. The maximum atomic E-state index is 13.7. The van der Waals surface area contributed by atoms with E-state index in [1.165, 1.54) is 11.0 Å². The molecule has 13 heteroatoms. The Balaban J connectivity index is 1.33. The normalized spacial score (nSPS) is 22.8. The first kappa shape index (κ1) is 28.9. The molecule has 0 radical (unpaired) electrons. The first-order chi connectivity index (χ1) is 19.2. The maximum absolute atomic E-state index is 13.7. The number of anilines is 2. The number of hydrogen-bond donors (Lipinski definition) is 0. The molecule has 2 amide bonds. The standard InChI is InChI=1S/C28H31F3N6O3S/c1-26(2,3)40-25(39)35-13-11-34(12-14-35)18-5-7-19(8-6-18)37-24(41)36(23(38)27(37)9-4-10-27)20-15-21(28(29,30)31)22(16-32)33-17-20/h5-8,17,21H,4,9-15H2,1-3H3. The lowest BCUT2D eigenvalue weighted by Gasteiger charge is -2.43. The number of nitrogens with zero attached hydrogens (tertiary/aromatic N) is 6. The number of benzene rings is 1. The van der Waals surface area contributed by atoms with Gasteiger partial charge in [0, 0.05) is 55.9 Å². The average Bonchev–Trinajstić information content (AvgIpc) is 3.13. The molecule has 1 aromatic rings. The lowest BCUT2D eigenvalue weighted by atomic mass is 9.75. The van der Waals surface area contributed by atoms with E-state index in [1.807, 2.05) is 45.0 Å². The van der Waals surface area contributed by atoms with Crippen LogP contribution in [0.2, 0.25) is 0 Å². The summed E-state index contributed by atoms with van der Waals surface area (Å²) < 4.78 is 46.5. The third-order valence-electron chi connectivity index (χ3n) is 7.89. The number of allylic oxidation sites excluding steroid dienone is 1. The average molecular weight is 589 g/mol. The molecule has 2 saturated heterocycles. The number of hydrogen-bond acceptors (Lipinski definition) is 7. The molecule has 1 saturated carbocycles. The van der Waals surface area contributed by atoms with Crippen LogP contribution in [0.15, 0.2) is 41.2 Å². The smallest absolute Gasteiger partial charge is 0.410 e. The molecule has 5 rings (SSSR count). The Hall–Kier alpha value is -3.66. The number of alkyl halides is 3. The van der Waals surface area contributed by atoms with Crippen molar-refractivity contribution in [3.8, 4) is 6.07 Å². The number of thiocarbonyl (C=S) groups is 1. The highest BCUT2D eigenvalue weighted by molar-refractivity contribution is 7.80. The van der Waals surface area contributed by atoms with Crippen LogP contribution in [0.25, 0.3) is 0 Å². The minimum absolute atomic E-state index is 0.0366. The molecule has 1 atom stereocenters. The molecule has 1 spiro atoms. The zero-order valence-corrected chi connectivity index (χ0v) is 23.9. The summed E-state index contributed by atoms with van der Waals surface area (Å²) in [5, 5.41) is 9.25. The fourth-order valence-electron chi connectivity index (χ4n) is 5.64. The van der Waals surface area contributed by atoms with Gasteiger partial charge in [-0.3, -0.25) is 9.69 Å². The van der Waals surface area contributed by atoms with E-state index in [0.717, 1.165) is 18.3 Å². The molecule has 0 N–H and O–H groups in total. The van der Waals surface area contributed by atoms with Gasteiger partial charge < -0.3 is 19.4 Å². The quantitative estimate of drug-likeness (QED) is 0.460. The largest absolute Gasteiger partial charge is 0.444 e. The van der Waals surface area contributed by atoms with Crippen molar-refractivity contribution in [1.29, 1.82) is 5.26 Å². The summed E-state index contributed by atoms with van der Waals surface area (Å²) in [5.41, 5.74) is -0.492. The van der Waals surface area contributed by atoms with Crippen molar-refractivity contribution in [3.63, 3.8) is 0 Å². The highest BCUT2D eigenvalue weighted by Gasteiger charge is 2.60. The number of halogens is 3. The Kier molecular flexibility index (Phi) is 7.26. The molecule has 4 aliphatic rings. The Labute approximate surface area is 241 Å². The minimum Gasteiger partial charge on any atom is -0.444 e. The Morgan fingerprint density at radius 1 is 1.10 bits per heavy atom. The van der Waals surface area contributed by atoms with Crippen LogP contribution in [0.5, 0.6) is 0 Å². The number of carbonyl (C=O) groups excluding carboxylic acids is 2. The van der Waals surface area contributed by atoms with E-state index >= 15 is 0 Å². The van der Waals surface area contributed by atoms with Crippen molar-refractivity contribution in [3.05, 3.63) is 36.2 Å². The molecule has 0 bridgehead atoms. The summed E-state index contributed by atoms with van der Waals surface area (Å²) in [4.78, 5) is 36.6. The first-order valence-corrected chi connectivity index (χ1v) is 13.9. The van der Waals surface area contributed by atoms with E-state index in [0.29, 0.717) is 44.7 Å². The molecule has 3 heterocycles. The summed E-state index contributed by atoms with van der Waals surface area (Å²) in [6.45, 7) is 7.78. The number of rotatable bonds is 3. The van der Waals surface area contributed by atoms with Gasteiger partial charge in [0.2, 0.25) is 0 Å². The number of piperazine rings is 1. The second-order valence-corrected chi connectivity index (χ2v) is 12.0. The molecular formula is C28H31F3N6O3S. The van der Waals surface area contributed by atoms with Crippen LogP contribution < -0.4 is 9.80 Å². The van der Waals surface area contributed by atoms with Crippen LogP contribution >= 0.6 is 12.2 Å². The molecule has 0 aromatic heterocycles. The van der Waals surface area contributed by atoms with E-state index in [-0.39, 0.29) is 22.8 Å². The number of amides is 2. The summed E-state index contributed by atoms with van der Waals surface area (Å²) in [7, 11) is 0. The lowest BCUT2D eigenvalue weighted by Crippen LogP contribution is -2.55. The van der Waals surface area contributed by atoms with Crippen molar-refractivity contribution in [2.75, 3.05) is 36.0 Å². The maximum Gasteiger partial charge on any atom is 0.410 e. The van der Waals surface area contributed by atoms with Gasteiger partial charge in [0.05, 0.1) is 0 Å². The van der Waals surface area contributed by atoms with E-state index in [4.69, 9.17) is 22.2 Å². The number of ether oxygens (including phenoxy) is 1. The summed E-state index contributed by atoms with van der Waals surface area (Å²) in [5.74, 6) is -2.46. The molecule has 1 aromatic carbocycles. The minimum atomic E-state index is -4.68. The van der Waals surface area contributed by atoms with Gasteiger partial charge in [-0.05, 0) is 76.5 Å². The van der Waals surface area contributed by atoms with Crippen molar-refractivity contribution < 1.29 is 27.5 Å². The molecule has 3 aliphatic heterocycles. The zero-order chi connectivity index (χ0) is 29.7. The van der Waals surface area contributed by atoms with Crippen LogP contribution in [-0.2, 0) is 9.53 Å². The summed E-state index contributed by atoms with van der Waals surface area (Å²) in [6.07, 6.45) is -2.60. The predicted molar refractivity (Wildman–Crippen MR) is 150 cm³/mol. The third-order valence-corrected chi connectivity index (χ3v) is 8.25. The number of aliphatic imine (C=N–C) groups is 1. The van der Waals surface area contributed by atoms with Crippen molar-refractivity contribution in [2.45, 2.75) is 63.8 Å². The lowest BCUT2D eigenvalue weighted by molar-refractivity contribution is -0.156. The van der Waals surface area contributed by atoms with E-state index < -0.39 is 35.4 Å². The monoisotopic (exact) mass is 588 g/mol. The first-order valence-electron chi connectivity index (χ1n) is 13.5. The van der Waals surface area contributed by atoms with Gasteiger partial charge >= 0.3 is 12.3 Å². The van der Waals surface area contributed by atoms with Crippen molar-refractivity contribution in [2.24, 2.45) is 10.9 Å². The second-order valence-electron chi connectivity index (χ2n) is 11.7. The highest BCUT2D eigenvalue weighted by Crippen LogP contribution is 2.49. The van der Waals surface area contributed by atoms with Gasteiger partial charge in [0.25, 0.3) is 5.91 Å². The van der Waals surface area contributed by atoms with Crippen LogP contribution in [0.3, 0.4) is 0 Å². The van der Waals surface area contributed by atoms with Crippen LogP contribution in [0, 0.1) is 17.2 Å². The molecule has 1 unspecified atom stereocenters. The summed E-state index contributed by atoms with van der Waals surface area (Å²) in [6, 6.07) is 9.09. The second kappa shape index (κ2) is 10.3. The molecule has 41 heavy (non-hydrogen) atoms. The van der Waals surface area contributed by atoms with Gasteiger partial charge in [-0.2, -0.15) is 18.4 Å². The third kappa shape index (κ3) is 5.25. The van der Waals surface area contributed by atoms with E-state index in [1.54, 1.807) is 9.80 Å². The van der Waals surface area contributed by atoms with Gasteiger partial charge in [-0.15, -0.1) is 0 Å². The molecule has 1 aliphatic carbocycles. The predicted octanol–water partition coefficient (Wildman–Crippen LogP) is 4.99. The number of carbonyl (C=O) groups is 2. The highest BCUT2D eigenvalue weighted by atomic mass is 32.1. The van der Waals surface area contributed by atoms with Crippen molar-refractivity contribution >= 4 is 46.4 Å². The van der Waals surface area contributed by atoms with Crippen LogP contribution in [-0.4, -0.2) is 76.1 Å². The van der Waals surface area contributed by atoms with Crippen LogP contribution in [0.4, 0.5) is 29.3 Å². The van der Waals surface area contributed by atoms with Crippen molar-refractivity contribution in [1.82, 2.24) is 9.80 Å². The van der Waals surface area contributed by atoms with Gasteiger partial charge in [0.15, 0.2) is 5.11 Å². The van der Waals surface area contributed by atoms with Crippen LogP contribution in [0.1, 0.15) is 46.5 Å². The molecule has 3 fully saturated rings. The fourth-order valence-corrected chi connectivity index (χ4v) is 6.12. The SMILES string of the molecule is CC(C)(C)OC(=O)N1CCN(c2ccc(N3C(=S)N(C4=CN=C(C#N)C(C(F)(F)F)C4)C(=O)C34CCC4)cc2)CC1. The Morgan fingerprint density at radius 2 is 1.71 bits per heavy atom.